The first-order valence-corrected chi connectivity index (χ1v) is 7.66. The highest BCUT2D eigenvalue weighted by molar-refractivity contribution is 9.10. The highest BCUT2D eigenvalue weighted by atomic mass is 79.9. The van der Waals surface area contributed by atoms with E-state index >= 15 is 0 Å². The van der Waals surface area contributed by atoms with E-state index in [9.17, 15) is 0 Å². The summed E-state index contributed by atoms with van der Waals surface area (Å²) in [7, 11) is 4.04. The molecule has 0 aliphatic rings. The minimum absolute atomic E-state index is 0.772. The third-order valence-corrected chi connectivity index (χ3v) is 4.19. The van der Waals surface area contributed by atoms with Crippen molar-refractivity contribution in [2.75, 3.05) is 19.0 Å². The van der Waals surface area contributed by atoms with Crippen LogP contribution in [-0.2, 0) is 13.1 Å². The summed E-state index contributed by atoms with van der Waals surface area (Å²) in [4.78, 5) is 2.24. The van der Waals surface area contributed by atoms with Gasteiger partial charge in [0.05, 0.1) is 0 Å². The lowest BCUT2D eigenvalue weighted by atomic mass is 10.1. The lowest BCUT2D eigenvalue weighted by Crippen LogP contribution is -2.19. The minimum Gasteiger partial charge on any atom is -0.370 e. The van der Waals surface area contributed by atoms with E-state index in [1.54, 1.807) is 0 Å². The van der Waals surface area contributed by atoms with E-state index < -0.39 is 0 Å². The second kappa shape index (κ2) is 7.11. The van der Waals surface area contributed by atoms with E-state index in [0.717, 1.165) is 22.6 Å². The molecule has 0 atom stereocenters. The molecule has 0 fully saturated rings. The normalized spacial score (nSPS) is 10.6. The molecule has 0 spiro atoms. The molecular formula is C16H18BrClN2. The Morgan fingerprint density at radius 3 is 2.60 bits per heavy atom. The third kappa shape index (κ3) is 3.75. The smallest absolute Gasteiger partial charge is 0.0437 e. The van der Waals surface area contributed by atoms with Crippen LogP contribution in [-0.4, -0.2) is 14.1 Å². The number of hydrogen-bond donors (Lipinski definition) is 1. The second-order valence-corrected chi connectivity index (χ2v) is 6.04. The maximum Gasteiger partial charge on any atom is 0.0437 e. The van der Waals surface area contributed by atoms with Crippen molar-refractivity contribution in [1.82, 2.24) is 5.32 Å². The fraction of sp³-hybridized carbons (Fsp3) is 0.250. The van der Waals surface area contributed by atoms with Gasteiger partial charge in [-0.2, -0.15) is 0 Å². The molecule has 1 N–H and O–H groups in total. The number of hydrogen-bond acceptors (Lipinski definition) is 2. The van der Waals surface area contributed by atoms with Crippen molar-refractivity contribution in [3.8, 4) is 0 Å². The Morgan fingerprint density at radius 2 is 1.90 bits per heavy atom. The minimum atomic E-state index is 0.772. The molecule has 0 aromatic heterocycles. The lowest BCUT2D eigenvalue weighted by Gasteiger charge is -2.23. The highest BCUT2D eigenvalue weighted by Crippen LogP contribution is 2.26. The Balaban J connectivity index is 2.25. The average Bonchev–Trinajstić information content (AvgIpc) is 2.42. The monoisotopic (exact) mass is 352 g/mol. The van der Waals surface area contributed by atoms with Crippen LogP contribution < -0.4 is 10.2 Å². The number of benzene rings is 2. The zero-order valence-corrected chi connectivity index (χ0v) is 14.0. The van der Waals surface area contributed by atoms with E-state index in [-0.39, 0.29) is 0 Å². The van der Waals surface area contributed by atoms with Crippen molar-refractivity contribution in [3.05, 3.63) is 63.1 Å². The molecule has 0 saturated heterocycles. The van der Waals surface area contributed by atoms with Gasteiger partial charge in [0.2, 0.25) is 0 Å². The molecule has 20 heavy (non-hydrogen) atoms. The molecule has 0 aliphatic heterocycles. The summed E-state index contributed by atoms with van der Waals surface area (Å²) in [6.07, 6.45) is 0. The first-order valence-electron chi connectivity index (χ1n) is 6.49. The van der Waals surface area contributed by atoms with E-state index in [1.165, 1.54) is 16.8 Å². The molecule has 4 heteroatoms. The molecule has 0 bridgehead atoms. The Bertz CT molecular complexity index is 586. The Kier molecular flexibility index (Phi) is 5.46. The average molecular weight is 354 g/mol. The zero-order valence-electron chi connectivity index (χ0n) is 11.7. The van der Waals surface area contributed by atoms with Gasteiger partial charge in [0.1, 0.15) is 0 Å². The van der Waals surface area contributed by atoms with Crippen molar-refractivity contribution in [3.63, 3.8) is 0 Å². The Hall–Kier alpha value is -1.03. The summed E-state index contributed by atoms with van der Waals surface area (Å²) in [6.45, 7) is 1.65. The predicted octanol–water partition coefficient (Wildman–Crippen LogP) is 4.46. The molecule has 0 aliphatic carbocycles. The number of anilines is 1. The van der Waals surface area contributed by atoms with Gasteiger partial charge in [0, 0.05) is 35.3 Å². The molecule has 2 nitrogen and oxygen atoms in total. The van der Waals surface area contributed by atoms with Crippen LogP contribution in [0, 0.1) is 0 Å². The van der Waals surface area contributed by atoms with Gasteiger partial charge in [-0.05, 0) is 42.4 Å². The van der Waals surface area contributed by atoms with Crippen LogP contribution in [0.4, 0.5) is 5.69 Å². The number of rotatable bonds is 5. The first-order chi connectivity index (χ1) is 9.61. The zero-order chi connectivity index (χ0) is 14.5. The highest BCUT2D eigenvalue weighted by Gasteiger charge is 2.09. The van der Waals surface area contributed by atoms with Crippen molar-refractivity contribution in [1.29, 1.82) is 0 Å². The van der Waals surface area contributed by atoms with Crippen LogP contribution in [0.1, 0.15) is 11.1 Å². The van der Waals surface area contributed by atoms with Crippen LogP contribution in [0.15, 0.2) is 46.9 Å². The molecule has 0 amide bonds. The van der Waals surface area contributed by atoms with Crippen molar-refractivity contribution >= 4 is 33.2 Å². The summed E-state index contributed by atoms with van der Waals surface area (Å²) >= 11 is 9.69. The predicted molar refractivity (Wildman–Crippen MR) is 90.5 cm³/mol. The van der Waals surface area contributed by atoms with Crippen LogP contribution in [0.5, 0.6) is 0 Å². The molecule has 0 unspecified atom stereocenters. The molecule has 2 rings (SSSR count). The number of nitrogens with one attached hydrogen (secondary N) is 1. The van der Waals surface area contributed by atoms with Gasteiger partial charge in [-0.15, -0.1) is 0 Å². The molecule has 2 aromatic carbocycles. The van der Waals surface area contributed by atoms with Crippen LogP contribution in [0.3, 0.4) is 0 Å². The van der Waals surface area contributed by atoms with Crippen molar-refractivity contribution in [2.45, 2.75) is 13.1 Å². The number of halogens is 2. The molecule has 0 heterocycles. The Morgan fingerprint density at radius 1 is 1.15 bits per heavy atom. The number of nitrogens with zero attached hydrogens (tertiary/aromatic N) is 1. The fourth-order valence-electron chi connectivity index (χ4n) is 2.23. The van der Waals surface area contributed by atoms with Crippen molar-refractivity contribution < 1.29 is 0 Å². The van der Waals surface area contributed by atoms with Gasteiger partial charge < -0.3 is 10.2 Å². The molecule has 106 valence electrons. The standard InChI is InChI=1S/C16H18BrClN2/c1-19-10-13-9-14(18)7-8-16(13)20(2)11-12-5-3-4-6-15(12)17/h3-9,19H,10-11H2,1-2H3. The largest absolute Gasteiger partial charge is 0.370 e. The summed E-state index contributed by atoms with van der Waals surface area (Å²) in [5.74, 6) is 0. The van der Waals surface area contributed by atoms with E-state index in [1.807, 2.05) is 25.2 Å². The fourth-order valence-corrected chi connectivity index (χ4v) is 2.83. The maximum atomic E-state index is 6.09. The van der Waals surface area contributed by atoms with Crippen molar-refractivity contribution in [2.24, 2.45) is 0 Å². The third-order valence-electron chi connectivity index (χ3n) is 3.19. The topological polar surface area (TPSA) is 15.3 Å². The van der Waals surface area contributed by atoms with Gasteiger partial charge in [0.25, 0.3) is 0 Å². The summed E-state index contributed by atoms with van der Waals surface area (Å²) in [5, 5.41) is 3.96. The Labute approximate surface area is 133 Å². The van der Waals surface area contributed by atoms with Gasteiger partial charge in [-0.1, -0.05) is 45.7 Å². The van der Waals surface area contributed by atoms with E-state index in [0.29, 0.717) is 0 Å². The SMILES string of the molecule is CNCc1cc(Cl)ccc1N(C)Cc1ccccc1Br. The quantitative estimate of drug-likeness (QED) is 0.854. The van der Waals surface area contributed by atoms with Gasteiger partial charge in [0.15, 0.2) is 0 Å². The summed E-state index contributed by atoms with van der Waals surface area (Å²) in [6, 6.07) is 14.3. The van der Waals surface area contributed by atoms with Gasteiger partial charge in [-0.3, -0.25) is 0 Å². The van der Waals surface area contributed by atoms with Gasteiger partial charge in [-0.25, -0.2) is 0 Å². The maximum absolute atomic E-state index is 6.09. The first kappa shape index (κ1) is 15.4. The molecular weight excluding hydrogens is 336 g/mol. The van der Waals surface area contributed by atoms with Crippen LogP contribution in [0.2, 0.25) is 5.02 Å². The lowest BCUT2D eigenvalue weighted by molar-refractivity contribution is 0.805. The molecule has 2 aromatic rings. The van der Waals surface area contributed by atoms with E-state index in [2.05, 4.69) is 57.5 Å². The molecule has 0 radical (unpaired) electrons. The van der Waals surface area contributed by atoms with E-state index in [4.69, 9.17) is 11.6 Å². The van der Waals surface area contributed by atoms with Gasteiger partial charge >= 0.3 is 0 Å². The van der Waals surface area contributed by atoms with Crippen LogP contribution >= 0.6 is 27.5 Å². The summed E-state index contributed by atoms with van der Waals surface area (Å²) in [5.41, 5.74) is 3.66. The molecule has 0 saturated carbocycles. The second-order valence-electron chi connectivity index (χ2n) is 4.75. The summed E-state index contributed by atoms with van der Waals surface area (Å²) < 4.78 is 1.14. The van der Waals surface area contributed by atoms with Crippen LogP contribution in [0.25, 0.3) is 0 Å².